The number of hydrogen-bond acceptors (Lipinski definition) is 4. The maximum atomic E-state index is 12.5. The Morgan fingerprint density at radius 2 is 2.27 bits per heavy atom. The summed E-state index contributed by atoms with van der Waals surface area (Å²) in [5.74, 6) is 0.377. The number of carbonyl (C=O) groups is 1. The van der Waals surface area contributed by atoms with Gasteiger partial charge in [-0.2, -0.15) is 0 Å². The smallest absolute Gasteiger partial charge is 0.186 e. The summed E-state index contributed by atoms with van der Waals surface area (Å²) in [7, 11) is 0. The third-order valence-electron chi connectivity index (χ3n) is 3.36. The number of imidazole rings is 1. The number of carbonyl (C=O) groups excluding carboxylic acids is 1. The summed E-state index contributed by atoms with van der Waals surface area (Å²) in [6.07, 6.45) is 8.24. The molecule has 114 valence electrons. The van der Waals surface area contributed by atoms with Crippen LogP contribution in [0.4, 0.5) is 0 Å². The molecule has 0 aliphatic heterocycles. The van der Waals surface area contributed by atoms with E-state index in [0.717, 1.165) is 12.6 Å². The summed E-state index contributed by atoms with van der Waals surface area (Å²) in [6, 6.07) is 1.74. The van der Waals surface area contributed by atoms with Crippen LogP contribution in [-0.2, 0) is 0 Å². The van der Waals surface area contributed by atoms with Crippen LogP contribution in [0.1, 0.15) is 36.6 Å². The number of ketones is 1. The van der Waals surface area contributed by atoms with Gasteiger partial charge in [-0.15, -0.1) is 0 Å². The van der Waals surface area contributed by atoms with Crippen molar-refractivity contribution in [2.24, 2.45) is 5.92 Å². The molecule has 22 heavy (non-hydrogen) atoms. The average molecular weight is 317 g/mol. The molecule has 0 aromatic carbocycles. The minimum Gasteiger partial charge on any atom is -0.338 e. The largest absolute Gasteiger partial charge is 0.338 e. The summed E-state index contributed by atoms with van der Waals surface area (Å²) in [4.78, 5) is 24.0. The van der Waals surface area contributed by atoms with Crippen LogP contribution >= 0.6 is 11.6 Å². The zero-order valence-electron chi connectivity index (χ0n) is 12.4. The quantitative estimate of drug-likeness (QED) is 0.623. The summed E-state index contributed by atoms with van der Waals surface area (Å²) < 4.78 is 0. The molecule has 2 N–H and O–H groups in total. The number of Topliss-reactive ketones (excluding diaryl/α,β-unsaturated/α-hetero) is 1. The number of aromatic amines is 1. The lowest BCUT2D eigenvalue weighted by atomic mass is 9.98. The monoisotopic (exact) mass is 316 g/mol. The number of nitrogens with zero attached hydrogens (tertiary/aromatic N) is 2. The first-order valence-electron chi connectivity index (χ1n) is 6.99. The molecule has 0 fully saturated rings. The standard InChI is InChI=1S/C16H17ClN4O/c1-3-10(2)16(22)15-14(11-7-12(17)9-19-8-11)20-13(21-15)5-4-6-18/h4-10,18H,3H2,1-2H3,(H,20,21)/b5-4-,18-6?. The third kappa shape index (κ3) is 3.49. The molecule has 5 nitrogen and oxygen atoms in total. The number of aromatic nitrogens is 3. The first-order chi connectivity index (χ1) is 10.6. The molecule has 0 spiro atoms. The number of pyridine rings is 1. The van der Waals surface area contributed by atoms with E-state index in [1.807, 2.05) is 13.8 Å². The van der Waals surface area contributed by atoms with E-state index in [1.54, 1.807) is 18.3 Å². The van der Waals surface area contributed by atoms with E-state index in [-0.39, 0.29) is 11.7 Å². The van der Waals surface area contributed by atoms with Gasteiger partial charge in [0.15, 0.2) is 5.78 Å². The van der Waals surface area contributed by atoms with Crippen molar-refractivity contribution in [3.63, 3.8) is 0 Å². The van der Waals surface area contributed by atoms with Crippen LogP contribution in [-0.4, -0.2) is 26.9 Å². The fraction of sp³-hybridized carbons (Fsp3) is 0.250. The molecule has 0 saturated carbocycles. The minimum absolute atomic E-state index is 0.0248. The summed E-state index contributed by atoms with van der Waals surface area (Å²) in [5, 5.41) is 7.53. The first-order valence-corrected chi connectivity index (χ1v) is 7.36. The number of nitrogens with one attached hydrogen (secondary N) is 2. The zero-order chi connectivity index (χ0) is 16.1. The van der Waals surface area contributed by atoms with Crippen LogP contribution in [0.2, 0.25) is 5.02 Å². The van der Waals surface area contributed by atoms with Gasteiger partial charge < -0.3 is 10.4 Å². The van der Waals surface area contributed by atoms with Crippen LogP contribution in [0.25, 0.3) is 17.3 Å². The molecule has 0 aliphatic rings. The van der Waals surface area contributed by atoms with Gasteiger partial charge in [-0.05, 0) is 24.6 Å². The van der Waals surface area contributed by atoms with Crippen molar-refractivity contribution in [3.8, 4) is 11.3 Å². The number of H-pyrrole nitrogens is 1. The molecule has 0 saturated heterocycles. The molecule has 1 atom stereocenters. The second kappa shape index (κ2) is 7.13. The topological polar surface area (TPSA) is 82.5 Å². The van der Waals surface area contributed by atoms with Crippen molar-refractivity contribution in [2.75, 3.05) is 0 Å². The van der Waals surface area contributed by atoms with Gasteiger partial charge >= 0.3 is 0 Å². The fourth-order valence-electron chi connectivity index (χ4n) is 1.96. The highest BCUT2D eigenvalue weighted by Crippen LogP contribution is 2.26. The van der Waals surface area contributed by atoms with E-state index in [9.17, 15) is 4.79 Å². The molecule has 6 heteroatoms. The SMILES string of the molecule is CCC(C)C(=O)c1nc(/C=C\C=N)[nH]c1-c1cncc(Cl)c1. The first kappa shape index (κ1) is 16.1. The lowest BCUT2D eigenvalue weighted by Gasteiger charge is -2.07. The highest BCUT2D eigenvalue weighted by molar-refractivity contribution is 6.30. The van der Waals surface area contributed by atoms with E-state index in [0.29, 0.717) is 27.8 Å². The van der Waals surface area contributed by atoms with Gasteiger partial charge in [0.05, 0.1) is 10.7 Å². The van der Waals surface area contributed by atoms with Gasteiger partial charge in [0.1, 0.15) is 11.5 Å². The van der Waals surface area contributed by atoms with Crippen LogP contribution in [0.5, 0.6) is 0 Å². The van der Waals surface area contributed by atoms with Crippen molar-refractivity contribution in [3.05, 3.63) is 41.1 Å². The lowest BCUT2D eigenvalue weighted by Crippen LogP contribution is -2.12. The van der Waals surface area contributed by atoms with Gasteiger partial charge in [0, 0.05) is 30.1 Å². The number of rotatable bonds is 6. The van der Waals surface area contributed by atoms with Gasteiger partial charge in [-0.1, -0.05) is 25.4 Å². The Labute approximate surface area is 134 Å². The second-order valence-electron chi connectivity index (χ2n) is 4.94. The summed E-state index contributed by atoms with van der Waals surface area (Å²) in [6.45, 7) is 3.84. The van der Waals surface area contributed by atoms with Gasteiger partial charge in [0.2, 0.25) is 0 Å². The summed E-state index contributed by atoms with van der Waals surface area (Å²) >= 11 is 5.98. The molecular formula is C16H17ClN4O. The van der Waals surface area contributed by atoms with E-state index in [2.05, 4.69) is 15.0 Å². The molecule has 0 amide bonds. The Morgan fingerprint density at radius 1 is 1.50 bits per heavy atom. The van der Waals surface area contributed by atoms with Crippen molar-refractivity contribution < 1.29 is 4.79 Å². The van der Waals surface area contributed by atoms with Gasteiger partial charge in [0.25, 0.3) is 0 Å². The fourth-order valence-corrected chi connectivity index (χ4v) is 2.14. The second-order valence-corrected chi connectivity index (χ2v) is 5.37. The molecule has 0 bridgehead atoms. The van der Waals surface area contributed by atoms with E-state index in [4.69, 9.17) is 17.0 Å². The Bertz CT molecular complexity index is 721. The Hall–Kier alpha value is -2.27. The van der Waals surface area contributed by atoms with E-state index < -0.39 is 0 Å². The maximum Gasteiger partial charge on any atom is 0.186 e. The van der Waals surface area contributed by atoms with Gasteiger partial charge in [-0.3, -0.25) is 9.78 Å². The molecule has 2 aromatic heterocycles. The number of halogens is 1. The van der Waals surface area contributed by atoms with Gasteiger partial charge in [-0.25, -0.2) is 4.98 Å². The average Bonchev–Trinajstić information content (AvgIpc) is 2.95. The normalized spacial score (nSPS) is 12.5. The molecule has 2 rings (SSSR count). The maximum absolute atomic E-state index is 12.5. The van der Waals surface area contributed by atoms with Crippen molar-refractivity contribution in [1.82, 2.24) is 15.0 Å². The van der Waals surface area contributed by atoms with Crippen molar-refractivity contribution >= 4 is 29.7 Å². The summed E-state index contributed by atoms with van der Waals surface area (Å²) in [5.41, 5.74) is 1.69. The highest BCUT2D eigenvalue weighted by atomic mass is 35.5. The predicted molar refractivity (Wildman–Crippen MR) is 88.4 cm³/mol. The van der Waals surface area contributed by atoms with Crippen molar-refractivity contribution in [2.45, 2.75) is 20.3 Å². The zero-order valence-corrected chi connectivity index (χ0v) is 13.2. The van der Waals surface area contributed by atoms with Crippen LogP contribution < -0.4 is 0 Å². The van der Waals surface area contributed by atoms with Crippen molar-refractivity contribution in [1.29, 1.82) is 5.41 Å². The highest BCUT2D eigenvalue weighted by Gasteiger charge is 2.22. The van der Waals surface area contributed by atoms with Crippen LogP contribution in [0.3, 0.4) is 0 Å². The lowest BCUT2D eigenvalue weighted by molar-refractivity contribution is 0.0923. The molecule has 2 aromatic rings. The molecular weight excluding hydrogens is 300 g/mol. The van der Waals surface area contributed by atoms with E-state index in [1.165, 1.54) is 12.3 Å². The predicted octanol–water partition coefficient (Wildman–Crippen LogP) is 4.02. The minimum atomic E-state index is -0.117. The Kier molecular flexibility index (Phi) is 5.22. The number of allylic oxidation sites excluding steroid dienone is 1. The molecule has 1 unspecified atom stereocenters. The Balaban J connectivity index is 2.55. The van der Waals surface area contributed by atoms with E-state index >= 15 is 0 Å². The molecule has 0 radical (unpaired) electrons. The Morgan fingerprint density at radius 3 is 2.91 bits per heavy atom. The number of hydrogen-bond donors (Lipinski definition) is 2. The third-order valence-corrected chi connectivity index (χ3v) is 3.57. The molecule has 0 aliphatic carbocycles. The van der Waals surface area contributed by atoms with Crippen LogP contribution in [0, 0.1) is 11.3 Å². The molecule has 2 heterocycles. The van der Waals surface area contributed by atoms with Crippen LogP contribution in [0.15, 0.2) is 24.5 Å².